The van der Waals surface area contributed by atoms with Crippen LogP contribution in [-0.2, 0) is 6.42 Å². The number of hydrogen-bond acceptors (Lipinski definition) is 3. The van der Waals surface area contributed by atoms with E-state index in [1.54, 1.807) is 0 Å². The predicted octanol–water partition coefficient (Wildman–Crippen LogP) is 6.60. The molecule has 1 aliphatic rings. The summed E-state index contributed by atoms with van der Waals surface area (Å²) in [6.45, 7) is 2.08. The summed E-state index contributed by atoms with van der Waals surface area (Å²) in [6, 6.07) is 25.2. The number of benzene rings is 3. The zero-order valence-corrected chi connectivity index (χ0v) is 17.3. The summed E-state index contributed by atoms with van der Waals surface area (Å²) in [5.74, 6) is 0. The lowest BCUT2D eigenvalue weighted by Crippen LogP contribution is -1.99. The molecule has 0 radical (unpaired) electrons. The van der Waals surface area contributed by atoms with Gasteiger partial charge in [0.15, 0.2) is 0 Å². The van der Waals surface area contributed by atoms with Crippen molar-refractivity contribution in [1.29, 1.82) is 0 Å². The van der Waals surface area contributed by atoms with Crippen LogP contribution in [0.15, 0.2) is 107 Å². The van der Waals surface area contributed by atoms with Gasteiger partial charge in [-0.25, -0.2) is 9.98 Å². The fourth-order valence-electron chi connectivity index (χ4n) is 3.23. The first-order valence-corrected chi connectivity index (χ1v) is 10.1. The first-order valence-electron chi connectivity index (χ1n) is 10.1. The van der Waals surface area contributed by atoms with E-state index < -0.39 is 0 Å². The molecule has 0 aromatic heterocycles. The maximum Gasteiger partial charge on any atom is 0.0638 e. The summed E-state index contributed by atoms with van der Waals surface area (Å²) in [5, 5.41) is 3.15. The summed E-state index contributed by atoms with van der Waals surface area (Å²) >= 11 is 0. The summed E-state index contributed by atoms with van der Waals surface area (Å²) < 4.78 is 0. The third kappa shape index (κ3) is 5.21. The van der Waals surface area contributed by atoms with E-state index in [4.69, 9.17) is 4.99 Å². The van der Waals surface area contributed by atoms with Crippen LogP contribution in [0, 0.1) is 6.92 Å². The van der Waals surface area contributed by atoms with Crippen molar-refractivity contribution in [2.75, 3.05) is 12.4 Å². The Morgan fingerprint density at radius 1 is 0.600 bits per heavy atom. The highest BCUT2D eigenvalue weighted by atomic mass is 14.8. The molecule has 3 nitrogen and oxygen atoms in total. The standard InChI is InChI=1S/C27H25N3/c1-20-3-9-24(10-4-20)29-26-15-17-27(18-16-26)30-25-13-7-22(8-14-25)19-21-5-11-23(28-2)12-6-21/h3-18,28H,19H2,1-2H3. The van der Waals surface area contributed by atoms with E-state index in [1.807, 2.05) is 43.5 Å². The van der Waals surface area contributed by atoms with Crippen LogP contribution in [0.5, 0.6) is 0 Å². The van der Waals surface area contributed by atoms with Crippen LogP contribution in [0.2, 0.25) is 0 Å². The molecule has 0 saturated heterocycles. The van der Waals surface area contributed by atoms with Crippen LogP contribution in [0.3, 0.4) is 0 Å². The van der Waals surface area contributed by atoms with Crippen molar-refractivity contribution in [3.8, 4) is 0 Å². The zero-order chi connectivity index (χ0) is 20.8. The van der Waals surface area contributed by atoms with Crippen molar-refractivity contribution in [3.05, 3.63) is 114 Å². The Hall–Kier alpha value is -3.72. The topological polar surface area (TPSA) is 36.8 Å². The van der Waals surface area contributed by atoms with Crippen LogP contribution in [-0.4, -0.2) is 18.5 Å². The van der Waals surface area contributed by atoms with Gasteiger partial charge in [0.05, 0.1) is 22.8 Å². The van der Waals surface area contributed by atoms with Crippen LogP contribution in [0.4, 0.5) is 17.1 Å². The number of hydrogen-bond donors (Lipinski definition) is 1. The fraction of sp³-hybridized carbons (Fsp3) is 0.111. The molecular formula is C27H25N3. The highest BCUT2D eigenvalue weighted by Crippen LogP contribution is 2.19. The van der Waals surface area contributed by atoms with Gasteiger partial charge < -0.3 is 5.32 Å². The number of allylic oxidation sites excluding steroid dienone is 4. The molecule has 3 heteroatoms. The molecule has 0 bridgehead atoms. The van der Waals surface area contributed by atoms with Crippen molar-refractivity contribution in [2.24, 2.45) is 9.98 Å². The number of nitrogens with one attached hydrogen (secondary N) is 1. The summed E-state index contributed by atoms with van der Waals surface area (Å²) in [6.07, 6.45) is 8.93. The summed E-state index contributed by atoms with van der Waals surface area (Å²) in [4.78, 5) is 9.37. The number of aryl methyl sites for hydroxylation is 1. The highest BCUT2D eigenvalue weighted by Gasteiger charge is 2.02. The molecule has 30 heavy (non-hydrogen) atoms. The van der Waals surface area contributed by atoms with E-state index in [0.717, 1.165) is 34.9 Å². The lowest BCUT2D eigenvalue weighted by molar-refractivity contribution is 1.19. The van der Waals surface area contributed by atoms with E-state index in [1.165, 1.54) is 16.7 Å². The Morgan fingerprint density at radius 3 is 1.50 bits per heavy atom. The van der Waals surface area contributed by atoms with Crippen molar-refractivity contribution in [2.45, 2.75) is 13.3 Å². The monoisotopic (exact) mass is 391 g/mol. The Bertz CT molecular complexity index is 1100. The normalized spacial score (nSPS) is 12.7. The molecule has 0 atom stereocenters. The Labute approximate surface area is 178 Å². The minimum absolute atomic E-state index is 0.916. The highest BCUT2D eigenvalue weighted by molar-refractivity contribution is 6.19. The molecule has 0 saturated carbocycles. The van der Waals surface area contributed by atoms with Crippen LogP contribution < -0.4 is 5.32 Å². The third-order valence-electron chi connectivity index (χ3n) is 4.99. The molecule has 0 amide bonds. The predicted molar refractivity (Wildman–Crippen MR) is 129 cm³/mol. The van der Waals surface area contributed by atoms with E-state index in [9.17, 15) is 0 Å². The Morgan fingerprint density at radius 2 is 1.03 bits per heavy atom. The zero-order valence-electron chi connectivity index (χ0n) is 17.3. The number of nitrogens with zero attached hydrogens (tertiary/aromatic N) is 2. The number of anilines is 1. The van der Waals surface area contributed by atoms with Crippen molar-refractivity contribution < 1.29 is 0 Å². The second-order valence-electron chi connectivity index (χ2n) is 7.37. The molecule has 0 fully saturated rings. The van der Waals surface area contributed by atoms with Gasteiger partial charge in [0.2, 0.25) is 0 Å². The van der Waals surface area contributed by atoms with Gasteiger partial charge in [0.1, 0.15) is 0 Å². The molecule has 0 spiro atoms. The maximum atomic E-state index is 4.72. The lowest BCUT2D eigenvalue weighted by atomic mass is 10.0. The van der Waals surface area contributed by atoms with E-state index >= 15 is 0 Å². The second kappa shape index (κ2) is 9.19. The smallest absolute Gasteiger partial charge is 0.0638 e. The van der Waals surface area contributed by atoms with Gasteiger partial charge in [-0.15, -0.1) is 0 Å². The molecule has 0 heterocycles. The van der Waals surface area contributed by atoms with Gasteiger partial charge in [-0.2, -0.15) is 0 Å². The largest absolute Gasteiger partial charge is 0.388 e. The van der Waals surface area contributed by atoms with E-state index in [2.05, 4.69) is 77.9 Å². The van der Waals surface area contributed by atoms with E-state index in [-0.39, 0.29) is 0 Å². The van der Waals surface area contributed by atoms with Gasteiger partial charge >= 0.3 is 0 Å². The Balaban J connectivity index is 1.40. The summed E-state index contributed by atoms with van der Waals surface area (Å²) in [7, 11) is 1.93. The molecule has 1 N–H and O–H groups in total. The van der Waals surface area contributed by atoms with Crippen LogP contribution in [0.25, 0.3) is 0 Å². The quantitative estimate of drug-likeness (QED) is 0.489. The molecule has 4 rings (SSSR count). The molecule has 0 aliphatic heterocycles. The van der Waals surface area contributed by atoms with Gasteiger partial charge in [-0.3, -0.25) is 0 Å². The fourth-order valence-corrected chi connectivity index (χ4v) is 3.23. The first-order chi connectivity index (χ1) is 14.7. The molecular weight excluding hydrogens is 366 g/mol. The van der Waals surface area contributed by atoms with Crippen molar-refractivity contribution in [1.82, 2.24) is 0 Å². The van der Waals surface area contributed by atoms with Crippen molar-refractivity contribution in [3.63, 3.8) is 0 Å². The van der Waals surface area contributed by atoms with Crippen LogP contribution >= 0.6 is 0 Å². The molecule has 1 aliphatic carbocycles. The van der Waals surface area contributed by atoms with Gasteiger partial charge in [0.25, 0.3) is 0 Å². The third-order valence-corrected chi connectivity index (χ3v) is 4.99. The first kappa shape index (κ1) is 19.6. The lowest BCUT2D eigenvalue weighted by Gasteiger charge is -2.06. The molecule has 0 unspecified atom stereocenters. The number of aliphatic imine (C=N–C) groups is 2. The van der Waals surface area contributed by atoms with Crippen molar-refractivity contribution >= 4 is 28.5 Å². The van der Waals surface area contributed by atoms with E-state index in [0.29, 0.717) is 0 Å². The van der Waals surface area contributed by atoms with Gasteiger partial charge in [0, 0.05) is 12.7 Å². The Kier molecular flexibility index (Phi) is 6.00. The maximum absolute atomic E-state index is 4.72. The number of rotatable bonds is 5. The second-order valence-corrected chi connectivity index (χ2v) is 7.37. The molecule has 3 aromatic carbocycles. The SMILES string of the molecule is CNc1ccc(Cc2ccc(N=C3C=CC(=Nc4ccc(C)cc4)C=C3)cc2)cc1. The van der Waals surface area contributed by atoms with Gasteiger partial charge in [-0.05, 0) is 85.2 Å². The molecule has 148 valence electrons. The minimum atomic E-state index is 0.916. The minimum Gasteiger partial charge on any atom is -0.388 e. The average molecular weight is 392 g/mol. The van der Waals surface area contributed by atoms with Gasteiger partial charge in [-0.1, -0.05) is 42.0 Å². The average Bonchev–Trinajstić information content (AvgIpc) is 2.78. The molecule has 3 aromatic rings. The van der Waals surface area contributed by atoms with Crippen LogP contribution in [0.1, 0.15) is 16.7 Å². The summed E-state index contributed by atoms with van der Waals surface area (Å²) in [5.41, 5.74) is 8.70.